The summed E-state index contributed by atoms with van der Waals surface area (Å²) in [5.41, 5.74) is 5.96. The van der Waals surface area contributed by atoms with Crippen LogP contribution in [-0.4, -0.2) is 150 Å². The standard InChI is InChI=1S/C45H69NO15/c1-28-16-14-12-10-8-6-4-5-7-9-11-13-15-17-34(60-44-43(56)42(46)39(54)27-58-44)24-40-30(3)37(52)25-45(57,61-40)26-38(53)35(50)19-18-31(47)21-32(48)22-33(49)23-41(55)59-29(2)20-36(28)51/h4-17,28-30,32-40,42-44,48-54,56-57H,18-27,46H2,1-3H3/b5-4+,8-6+,9-7+,12-10+,13-11+,16-14+,17-15+/t28-,29-,30+,32?,33?,34?,35?,36-,37-,38?,39+,40-,42-,43-,44?,45?/m0/s1. The van der Waals surface area contributed by atoms with Gasteiger partial charge >= 0.3 is 5.97 Å². The molecular formula is C45H69NO15. The van der Waals surface area contributed by atoms with Gasteiger partial charge in [0.25, 0.3) is 0 Å². The van der Waals surface area contributed by atoms with E-state index in [1.165, 1.54) is 0 Å². The van der Waals surface area contributed by atoms with Crippen LogP contribution in [0, 0.1) is 11.8 Å². The molecule has 11 N–H and O–H groups in total. The van der Waals surface area contributed by atoms with E-state index in [2.05, 4.69) is 0 Å². The molecular weight excluding hydrogens is 794 g/mol. The number of ketones is 1. The molecule has 3 aliphatic rings. The number of cyclic esters (lactones) is 1. The second-order valence-corrected chi connectivity index (χ2v) is 16.5. The summed E-state index contributed by atoms with van der Waals surface area (Å²) in [6.07, 6.45) is 9.28. The molecule has 7 unspecified atom stereocenters. The number of fused-ring (bicyclic) bond motifs is 2. The van der Waals surface area contributed by atoms with E-state index in [9.17, 15) is 55.5 Å². The molecule has 0 amide bonds. The van der Waals surface area contributed by atoms with Gasteiger partial charge in [-0.15, -0.1) is 0 Å². The van der Waals surface area contributed by atoms with E-state index in [0.717, 1.165) is 0 Å². The van der Waals surface area contributed by atoms with Crippen LogP contribution in [0.3, 0.4) is 0 Å². The highest BCUT2D eigenvalue weighted by atomic mass is 16.7. The third kappa shape index (κ3) is 19.0. The number of esters is 1. The minimum absolute atomic E-state index is 0.0376. The molecule has 16 nitrogen and oxygen atoms in total. The lowest BCUT2D eigenvalue weighted by molar-refractivity contribution is -0.307. The van der Waals surface area contributed by atoms with Crippen LogP contribution in [0.4, 0.5) is 0 Å². The van der Waals surface area contributed by atoms with Crippen molar-refractivity contribution >= 4 is 11.8 Å². The molecule has 0 saturated carbocycles. The summed E-state index contributed by atoms with van der Waals surface area (Å²) in [6.45, 7) is 5.00. The third-order valence-electron chi connectivity index (χ3n) is 11.0. The van der Waals surface area contributed by atoms with Crippen molar-refractivity contribution in [1.29, 1.82) is 0 Å². The molecule has 0 aromatic rings. The fourth-order valence-electron chi connectivity index (χ4n) is 7.18. The van der Waals surface area contributed by atoms with Crippen molar-refractivity contribution in [3.8, 4) is 0 Å². The molecule has 3 aliphatic heterocycles. The average molecular weight is 864 g/mol. The Labute approximate surface area is 358 Å². The number of aliphatic hydroxyl groups is 9. The van der Waals surface area contributed by atoms with Gasteiger partial charge < -0.3 is 70.6 Å². The SMILES string of the molecule is C[C@H]1[C@@H]2CC(OC3OC[C@@H](O)[C@H](N)[C@@H]3O)/C=C/C=C/C=C/C=C/C=C/C=C/C=C/[C@H](C)[C@@H](O)C[C@H](C)OC(=O)CC(O)CC(O)CC(=O)CCC(O)C(O)CC(O)(C[C@@H]1O)O2. The first kappa shape index (κ1) is 52.1. The van der Waals surface area contributed by atoms with Crippen molar-refractivity contribution in [2.45, 2.75) is 164 Å². The van der Waals surface area contributed by atoms with E-state index in [1.54, 1.807) is 50.3 Å². The monoisotopic (exact) mass is 863 g/mol. The minimum Gasteiger partial charge on any atom is -0.462 e. The number of rotatable bonds is 2. The Hall–Kier alpha value is -3.20. The van der Waals surface area contributed by atoms with Gasteiger partial charge in [-0.2, -0.15) is 0 Å². The summed E-state index contributed by atoms with van der Waals surface area (Å²) in [5, 5.41) is 96.3. The normalized spacial score (nSPS) is 44.1. The van der Waals surface area contributed by atoms with Gasteiger partial charge in [-0.05, 0) is 13.3 Å². The number of Topliss-reactive ketones (excluding diaryl/α,β-unsaturated/α-hetero) is 1. The second kappa shape index (κ2) is 26.4. The number of ether oxygens (including phenoxy) is 4. The molecule has 2 saturated heterocycles. The molecule has 3 heterocycles. The van der Waals surface area contributed by atoms with Crippen molar-refractivity contribution in [3.63, 3.8) is 0 Å². The summed E-state index contributed by atoms with van der Waals surface area (Å²) in [7, 11) is 0. The van der Waals surface area contributed by atoms with Crippen LogP contribution >= 0.6 is 0 Å². The second-order valence-electron chi connectivity index (χ2n) is 16.5. The summed E-state index contributed by atoms with van der Waals surface area (Å²) in [4.78, 5) is 25.1. The molecule has 2 bridgehead atoms. The summed E-state index contributed by atoms with van der Waals surface area (Å²) >= 11 is 0. The van der Waals surface area contributed by atoms with E-state index in [1.807, 2.05) is 55.5 Å². The summed E-state index contributed by atoms with van der Waals surface area (Å²) in [6, 6.07) is -1.03. The highest BCUT2D eigenvalue weighted by molar-refractivity contribution is 5.78. The molecule has 0 aromatic heterocycles. The lowest BCUT2D eigenvalue weighted by atomic mass is 9.83. The van der Waals surface area contributed by atoms with Crippen molar-refractivity contribution in [3.05, 3.63) is 85.1 Å². The van der Waals surface area contributed by atoms with E-state index in [4.69, 9.17) is 24.7 Å². The van der Waals surface area contributed by atoms with E-state index >= 15 is 0 Å². The Kier molecular flexibility index (Phi) is 22.6. The molecule has 0 aromatic carbocycles. The van der Waals surface area contributed by atoms with Gasteiger partial charge in [-0.25, -0.2) is 0 Å². The maximum absolute atomic E-state index is 12.7. The largest absolute Gasteiger partial charge is 0.462 e. The number of nitrogens with two attached hydrogens (primary N) is 1. The number of hydrogen-bond donors (Lipinski definition) is 10. The Morgan fingerprint density at radius 2 is 1.23 bits per heavy atom. The first-order chi connectivity index (χ1) is 28.9. The van der Waals surface area contributed by atoms with Crippen molar-refractivity contribution in [2.24, 2.45) is 17.6 Å². The number of aliphatic hydroxyl groups excluding tert-OH is 8. The first-order valence-electron chi connectivity index (χ1n) is 21.1. The maximum atomic E-state index is 12.7. The number of hydrogen-bond acceptors (Lipinski definition) is 16. The number of carbonyl (C=O) groups is 2. The highest BCUT2D eigenvalue weighted by Crippen LogP contribution is 2.37. The molecule has 0 radical (unpaired) electrons. The zero-order chi connectivity index (χ0) is 45.1. The van der Waals surface area contributed by atoms with Crippen LogP contribution in [-0.2, 0) is 28.5 Å². The fraction of sp³-hybridized carbons (Fsp3) is 0.644. The van der Waals surface area contributed by atoms with Crippen molar-refractivity contribution < 1.29 is 74.5 Å². The highest BCUT2D eigenvalue weighted by Gasteiger charge is 2.47. The van der Waals surface area contributed by atoms with Crippen molar-refractivity contribution in [2.75, 3.05) is 6.61 Å². The van der Waals surface area contributed by atoms with Gasteiger partial charge in [0.15, 0.2) is 12.1 Å². The molecule has 61 heavy (non-hydrogen) atoms. The third-order valence-corrected chi connectivity index (χ3v) is 11.0. The van der Waals surface area contributed by atoms with Crippen molar-refractivity contribution in [1.82, 2.24) is 0 Å². The first-order valence-corrected chi connectivity index (χ1v) is 21.1. The molecule has 344 valence electrons. The van der Waals surface area contributed by atoms with E-state index in [-0.39, 0.29) is 57.5 Å². The fourth-order valence-corrected chi connectivity index (χ4v) is 7.18. The molecule has 16 heteroatoms. The Bertz CT molecular complexity index is 1540. The zero-order valence-electron chi connectivity index (χ0n) is 35.4. The molecule has 16 atom stereocenters. The molecule has 3 rings (SSSR count). The smallest absolute Gasteiger partial charge is 0.308 e. The van der Waals surface area contributed by atoms with E-state index in [0.29, 0.717) is 0 Å². The summed E-state index contributed by atoms with van der Waals surface area (Å²) < 4.78 is 23.1. The lowest BCUT2D eigenvalue weighted by Crippen LogP contribution is -2.58. The van der Waals surface area contributed by atoms with Gasteiger partial charge in [0.05, 0.1) is 74.0 Å². The Morgan fingerprint density at radius 3 is 1.85 bits per heavy atom. The Morgan fingerprint density at radius 1 is 0.672 bits per heavy atom. The van der Waals surface area contributed by atoms with Gasteiger partial charge in [0.2, 0.25) is 0 Å². The number of carbonyl (C=O) groups excluding carboxylic acids is 2. The minimum atomic E-state index is -2.09. The van der Waals surface area contributed by atoms with Crippen LogP contribution in [0.5, 0.6) is 0 Å². The van der Waals surface area contributed by atoms with Gasteiger partial charge in [0.1, 0.15) is 18.0 Å². The molecule has 2 fully saturated rings. The topological polar surface area (TPSA) is 279 Å². The van der Waals surface area contributed by atoms with Crippen LogP contribution in [0.25, 0.3) is 0 Å². The predicted molar refractivity (Wildman–Crippen MR) is 225 cm³/mol. The predicted octanol–water partition coefficient (Wildman–Crippen LogP) is 1.22. The van der Waals surface area contributed by atoms with Crippen LogP contribution in [0.2, 0.25) is 0 Å². The average Bonchev–Trinajstić information content (AvgIpc) is 3.18. The van der Waals surface area contributed by atoms with Gasteiger partial charge in [-0.1, -0.05) is 98.9 Å². The van der Waals surface area contributed by atoms with Gasteiger partial charge in [0, 0.05) is 56.8 Å². The lowest BCUT2D eigenvalue weighted by Gasteiger charge is -2.45. The maximum Gasteiger partial charge on any atom is 0.308 e. The van der Waals surface area contributed by atoms with Crippen LogP contribution in [0.15, 0.2) is 85.1 Å². The number of allylic oxidation sites excluding steroid dienone is 12. The van der Waals surface area contributed by atoms with Crippen LogP contribution in [0.1, 0.15) is 78.6 Å². The zero-order valence-corrected chi connectivity index (χ0v) is 35.4. The van der Waals surface area contributed by atoms with Crippen LogP contribution < -0.4 is 5.73 Å². The Balaban J connectivity index is 1.78. The molecule has 0 aliphatic carbocycles. The van der Waals surface area contributed by atoms with E-state index < -0.39 is 116 Å². The summed E-state index contributed by atoms with van der Waals surface area (Å²) in [5.74, 6) is -4.08. The molecule has 0 spiro atoms. The quantitative estimate of drug-likeness (QED) is 0.175. The van der Waals surface area contributed by atoms with Gasteiger partial charge in [-0.3, -0.25) is 9.59 Å².